The Kier molecular flexibility index (Phi) is 36.0. The fourth-order valence-corrected chi connectivity index (χ4v) is 16.9. The molecule has 0 N–H and O–H groups in total. The molecule has 104 heavy (non-hydrogen) atoms. The van der Waals surface area contributed by atoms with Gasteiger partial charge in [-0.3, -0.25) is 17.2 Å². The zero-order chi connectivity index (χ0) is 74.0. The Balaban J connectivity index is 0.000000271. The second-order valence-electron chi connectivity index (χ2n) is 22.4. The van der Waals surface area contributed by atoms with Crippen LogP contribution in [0, 0.1) is 6.92 Å². The van der Waals surface area contributed by atoms with E-state index in [1.54, 1.807) is 12.1 Å². The molecule has 0 amide bonds. The first-order valence-electron chi connectivity index (χ1n) is 31.4. The first-order valence-corrected chi connectivity index (χ1v) is 44.3. The number of rotatable bonds is 18. The van der Waals surface area contributed by atoms with E-state index in [4.69, 9.17) is 4.28 Å². The normalized spacial score (nSPS) is 12.9. The fraction of sp³-hybridized carbons (Fsp3) is 0.130. The third kappa shape index (κ3) is 39.8. The molecule has 0 fully saturated rings. The smallest absolute Gasteiger partial charge is 0.0622 e. The summed E-state index contributed by atoms with van der Waals surface area (Å²) in [5.41, 5.74) is 12.4. The molecule has 0 bridgehead atoms. The third-order valence-electron chi connectivity index (χ3n) is 14.1. The summed E-state index contributed by atoms with van der Waals surface area (Å²) in [5.74, 6) is 6.67. The summed E-state index contributed by atoms with van der Waals surface area (Å²) in [6, 6.07) is 112. The molecule has 0 spiro atoms. The molecule has 11 aromatic carbocycles. The summed E-state index contributed by atoms with van der Waals surface area (Å²) < 4.78 is 167. The van der Waals surface area contributed by atoms with E-state index in [9.17, 15) is 60.6 Å². The van der Waals surface area contributed by atoms with Gasteiger partial charge < -0.3 is 9.41 Å². The number of hydrogen-bond donors (Lipinski definition) is 0. The van der Waals surface area contributed by atoms with Crippen LogP contribution in [0.1, 0.15) is 62.9 Å². The van der Waals surface area contributed by atoms with Gasteiger partial charge in [-0.05, 0) is 80.3 Å². The van der Waals surface area contributed by atoms with Crippen LogP contribution in [-0.4, -0.2) is 42.0 Å². The number of hydrogen-bond acceptors (Lipinski definition) is 4. The van der Waals surface area contributed by atoms with Gasteiger partial charge in [0.2, 0.25) is 0 Å². The third-order valence-corrected chi connectivity index (χ3v) is 22.1. The summed E-state index contributed by atoms with van der Waals surface area (Å²) in [7, 11) is -17.6. The van der Waals surface area contributed by atoms with E-state index in [1.165, 1.54) is 65.8 Å². The van der Waals surface area contributed by atoms with Crippen LogP contribution in [0.25, 0.3) is 0 Å². The van der Waals surface area contributed by atoms with Crippen molar-refractivity contribution in [1.29, 1.82) is 0 Å². The van der Waals surface area contributed by atoms with Crippen molar-refractivity contribution in [2.75, 3.05) is 0 Å². The van der Waals surface area contributed by atoms with Crippen molar-refractivity contribution in [2.45, 2.75) is 80.3 Å². The molecular formula is C77H74BF16NO3PS4Sb. The Morgan fingerprint density at radius 2 is 0.596 bits per heavy atom. The predicted octanol–water partition coefficient (Wildman–Crippen LogP) is 18.6. The monoisotopic (exact) mass is 1660 g/mol. The summed E-state index contributed by atoms with van der Waals surface area (Å²) in [5, 5.41) is 3.92. The zero-order valence-electron chi connectivity index (χ0n) is 55.8. The van der Waals surface area contributed by atoms with Gasteiger partial charge in [0.15, 0.2) is 14.7 Å². The molecule has 0 aliphatic heterocycles. The van der Waals surface area contributed by atoms with Gasteiger partial charge in [-0.15, -0.1) is 0 Å². The van der Waals surface area contributed by atoms with Crippen LogP contribution in [-0.2, 0) is 88.0 Å². The standard InChI is InChI=1S/3C20H19S.C17H17NO3S.BF3.F6P.7FH.Sb/c3*1-4-10-18(11-5-1)16-21(20-14-8-3-9-15-20)17-19-12-6-2-7-13-19;1-13-9-11-15(12-10-13)22(19,20)21-18-17-8-4-6-14-5-2-3-7-16(14)17;2-1(3)4;1-7(2,3,4,5)6;;;;;;;;/h3*1-15H,16-17H2;2-3,5,7,9-12H,4,6,8H2,1H3;;;7*1H;/q3*+1;;;-1;;;;;;;;+5/p-7/b;;;18-17-;;;;;;;;;;. The van der Waals surface area contributed by atoms with Gasteiger partial charge in [0, 0.05) is 71.6 Å². The minimum Gasteiger partial charge on any atom is -0.0622 e. The van der Waals surface area contributed by atoms with Crippen molar-refractivity contribution in [3.8, 4) is 0 Å². The maximum Gasteiger partial charge on any atom is 0.155 e. The molecule has 0 saturated heterocycles. The molecule has 12 rings (SSSR count). The summed E-state index contributed by atoms with van der Waals surface area (Å²) in [4.78, 5) is 4.46. The van der Waals surface area contributed by atoms with Crippen molar-refractivity contribution in [3.05, 3.63) is 372 Å². The summed E-state index contributed by atoms with van der Waals surface area (Å²) in [6.45, 7) is 1.90. The van der Waals surface area contributed by atoms with E-state index in [0.29, 0.717) is 5.71 Å². The molecule has 0 radical (unpaired) electrons. The van der Waals surface area contributed by atoms with Gasteiger partial charge in [0.1, 0.15) is 39.4 Å². The number of benzene rings is 11. The molecule has 1 aliphatic carbocycles. The van der Waals surface area contributed by atoms with E-state index in [-0.39, 0.29) is 47.0 Å². The number of fused-ring (bicyclic) bond motifs is 1. The van der Waals surface area contributed by atoms with Crippen molar-refractivity contribution < 1.29 is 74.3 Å². The van der Waals surface area contributed by atoms with Crippen LogP contribution in [0.15, 0.2) is 346 Å². The topological polar surface area (TPSA) is 55.7 Å². The van der Waals surface area contributed by atoms with Crippen LogP contribution in [0.4, 0.5) is 52.2 Å². The van der Waals surface area contributed by atoms with E-state index in [2.05, 4.69) is 278 Å². The van der Waals surface area contributed by atoms with Crippen LogP contribution in [0.2, 0.25) is 0 Å². The molecule has 27 heteroatoms. The first kappa shape index (κ1) is 88.5. The molecular weight excluding hydrogens is 1580 g/mol. The minimum absolute atomic E-state index is 0. The van der Waals surface area contributed by atoms with E-state index in [0.717, 1.165) is 64.9 Å². The molecule has 4 nitrogen and oxygen atoms in total. The quantitative estimate of drug-likeness (QED) is 0.0283. The molecule has 0 aromatic heterocycles. The average molecular weight is 1660 g/mol. The molecule has 0 heterocycles. The summed E-state index contributed by atoms with van der Waals surface area (Å²) >= 11 is -9.19. The Labute approximate surface area is 611 Å². The Hall–Kier alpha value is -7.92. The van der Waals surface area contributed by atoms with Gasteiger partial charge in [-0.2, -0.15) is 8.42 Å². The second-order valence-corrected chi connectivity index (χ2v) is 35.6. The van der Waals surface area contributed by atoms with Crippen LogP contribution in [0.3, 0.4) is 0 Å². The van der Waals surface area contributed by atoms with E-state index >= 15 is 0 Å². The first-order chi connectivity index (χ1) is 48.2. The number of oxime groups is 1. The van der Waals surface area contributed by atoms with Gasteiger partial charge >= 0.3 is 85.0 Å². The number of halogens is 16. The molecule has 1 aliphatic rings. The molecule has 11 aromatic rings. The number of nitrogens with zero attached hydrogens (tertiary/aromatic N) is 1. The van der Waals surface area contributed by atoms with E-state index in [1.807, 2.05) is 31.2 Å². The van der Waals surface area contributed by atoms with Crippen LogP contribution in [0.5, 0.6) is 0 Å². The van der Waals surface area contributed by atoms with Crippen LogP contribution < -0.4 is 9.41 Å². The molecule has 0 unspecified atom stereocenters. The zero-order valence-corrected chi connectivity index (χ0v) is 62.5. The van der Waals surface area contributed by atoms with Crippen molar-refractivity contribution in [2.24, 2.45) is 5.16 Å². The minimum atomic E-state index is -10.7. The predicted molar refractivity (Wildman–Crippen MR) is 396 cm³/mol. The maximum atomic E-state index is 12.2. The van der Waals surface area contributed by atoms with Gasteiger partial charge in [-0.1, -0.05) is 284 Å². The van der Waals surface area contributed by atoms with Crippen molar-refractivity contribution >= 4 is 84.2 Å². The molecule has 554 valence electrons. The number of aryl methyl sites for hydroxylation is 2. The van der Waals surface area contributed by atoms with Crippen molar-refractivity contribution in [1.82, 2.24) is 0 Å². The van der Waals surface area contributed by atoms with Gasteiger partial charge in [0.25, 0.3) is 0 Å². The van der Waals surface area contributed by atoms with E-state index < -0.39 is 45.8 Å². The molecule has 0 atom stereocenters. The average Bonchev–Trinajstić information content (AvgIpc) is 0.796. The molecule has 0 saturated carbocycles. The second kappa shape index (κ2) is 42.3. The Bertz CT molecular complexity index is 3880. The summed E-state index contributed by atoms with van der Waals surface area (Å²) in [6.07, 6.45) is 2.66. The van der Waals surface area contributed by atoms with Gasteiger partial charge in [0.05, 0.1) is 5.71 Å². The maximum absolute atomic E-state index is 12.2. The van der Waals surface area contributed by atoms with Gasteiger partial charge in [-0.25, -0.2) is 0 Å². The largest absolute Gasteiger partial charge is 0.155 e. The fourth-order valence-electron chi connectivity index (χ4n) is 9.68. The van der Waals surface area contributed by atoms with Crippen LogP contribution >= 0.6 is 7.81 Å². The Morgan fingerprint density at radius 1 is 0.375 bits per heavy atom. The SMILES string of the molecule is Cc1ccc(S(=O)(=O)O/N=C2/CCCc3ccccc32)cc1.FB(F)F.F[P-](F)(F)(F)(F)F.[F-].[F-].[F][Sb]([F])([F])([F])[F].c1ccc(C[S+](Cc2ccccc2)c2ccccc2)cc1.c1ccc(C[S+](Cc2ccccc2)c2ccccc2)cc1.c1ccc(C[S+](Cc2ccccc2)c2ccccc2)cc1. The Morgan fingerprint density at radius 3 is 0.846 bits per heavy atom. The van der Waals surface area contributed by atoms with Crippen molar-refractivity contribution in [3.63, 3.8) is 0 Å².